The zero-order valence-electron chi connectivity index (χ0n) is 10.8. The van der Waals surface area contributed by atoms with Crippen molar-refractivity contribution in [3.8, 4) is 0 Å². The molecule has 0 N–H and O–H groups in total. The minimum absolute atomic E-state index is 0.00200. The van der Waals surface area contributed by atoms with Crippen molar-refractivity contribution in [2.45, 2.75) is 26.3 Å². The minimum atomic E-state index is 0.00200. The first-order chi connectivity index (χ1) is 9.16. The molecule has 0 saturated heterocycles. The Morgan fingerprint density at radius 3 is 2.89 bits per heavy atom. The van der Waals surface area contributed by atoms with Gasteiger partial charge in [-0.2, -0.15) is 16.4 Å². The van der Waals surface area contributed by atoms with Gasteiger partial charge in [0, 0.05) is 13.3 Å². The Morgan fingerprint density at radius 2 is 2.32 bits per heavy atom. The normalized spacial score (nSPS) is 18.7. The van der Waals surface area contributed by atoms with Crippen LogP contribution in [0.25, 0.3) is 0 Å². The van der Waals surface area contributed by atoms with Gasteiger partial charge >= 0.3 is 0 Å². The third-order valence-electron chi connectivity index (χ3n) is 3.29. The molecule has 3 rings (SSSR count). The first-order valence-corrected chi connectivity index (χ1v) is 7.93. The Morgan fingerprint density at radius 1 is 1.47 bits per heavy atom. The molecular weight excluding hydrogens is 276 g/mol. The molecule has 0 radical (unpaired) electrons. The van der Waals surface area contributed by atoms with Gasteiger partial charge in [-0.25, -0.2) is 5.01 Å². The van der Waals surface area contributed by atoms with Gasteiger partial charge in [-0.3, -0.25) is 4.79 Å². The van der Waals surface area contributed by atoms with Crippen molar-refractivity contribution in [3.05, 3.63) is 44.3 Å². The van der Waals surface area contributed by atoms with E-state index in [1.165, 1.54) is 11.1 Å². The van der Waals surface area contributed by atoms with Crippen LogP contribution >= 0.6 is 22.7 Å². The monoisotopic (exact) mass is 290 g/mol. The van der Waals surface area contributed by atoms with Crippen LogP contribution in [0.3, 0.4) is 0 Å². The molecule has 2 aromatic heterocycles. The number of amides is 1. The average Bonchev–Trinajstić information content (AvgIpc) is 3.07. The summed E-state index contributed by atoms with van der Waals surface area (Å²) in [5.41, 5.74) is 3.47. The summed E-state index contributed by atoms with van der Waals surface area (Å²) in [5.74, 6) is 0.00200. The Labute approximate surface area is 120 Å². The van der Waals surface area contributed by atoms with Crippen LogP contribution in [0.4, 0.5) is 0 Å². The van der Waals surface area contributed by atoms with E-state index in [4.69, 9.17) is 0 Å². The van der Waals surface area contributed by atoms with Crippen LogP contribution in [0.5, 0.6) is 0 Å². The lowest BCUT2D eigenvalue weighted by atomic mass is 10.0. The van der Waals surface area contributed by atoms with Crippen LogP contribution in [0.1, 0.15) is 35.4 Å². The van der Waals surface area contributed by atoms with E-state index in [1.807, 2.05) is 11.4 Å². The maximum Gasteiger partial charge on any atom is 0.240 e. The van der Waals surface area contributed by atoms with E-state index < -0.39 is 0 Å². The third kappa shape index (κ3) is 2.24. The summed E-state index contributed by atoms with van der Waals surface area (Å²) in [5, 5.41) is 12.4. The lowest BCUT2D eigenvalue weighted by molar-refractivity contribution is -0.130. The summed E-state index contributed by atoms with van der Waals surface area (Å²) in [7, 11) is 0. The van der Waals surface area contributed by atoms with Gasteiger partial charge in [0.05, 0.1) is 16.6 Å². The van der Waals surface area contributed by atoms with E-state index in [-0.39, 0.29) is 11.9 Å². The topological polar surface area (TPSA) is 32.7 Å². The number of aryl methyl sites for hydroxylation is 1. The van der Waals surface area contributed by atoms with Gasteiger partial charge in [0.15, 0.2) is 0 Å². The van der Waals surface area contributed by atoms with Crippen molar-refractivity contribution in [1.82, 2.24) is 5.01 Å². The van der Waals surface area contributed by atoms with Crippen molar-refractivity contribution in [2.75, 3.05) is 0 Å². The zero-order valence-corrected chi connectivity index (χ0v) is 12.4. The zero-order chi connectivity index (χ0) is 13.4. The number of hydrazone groups is 1. The molecule has 1 amide bonds. The highest BCUT2D eigenvalue weighted by atomic mass is 32.1. The fourth-order valence-electron chi connectivity index (χ4n) is 2.35. The van der Waals surface area contributed by atoms with Crippen molar-refractivity contribution in [3.63, 3.8) is 0 Å². The molecule has 1 aliphatic rings. The van der Waals surface area contributed by atoms with Gasteiger partial charge in [-0.1, -0.05) is 6.07 Å². The van der Waals surface area contributed by atoms with Gasteiger partial charge in [0.1, 0.15) is 0 Å². The highest BCUT2D eigenvalue weighted by molar-refractivity contribution is 7.12. The molecule has 0 aliphatic carbocycles. The summed E-state index contributed by atoms with van der Waals surface area (Å²) >= 11 is 3.35. The number of rotatable bonds is 2. The Balaban J connectivity index is 1.96. The number of hydrogen-bond donors (Lipinski definition) is 0. The Hall–Kier alpha value is -1.46. The summed E-state index contributed by atoms with van der Waals surface area (Å²) in [6, 6.07) is 4.13. The SMILES string of the molecule is CC(=O)N1N=C(c2cccs2)C[C@@H]1c1cscc1C. The average molecular weight is 290 g/mol. The van der Waals surface area contributed by atoms with Crippen molar-refractivity contribution >= 4 is 34.3 Å². The summed E-state index contributed by atoms with van der Waals surface area (Å²) in [6.45, 7) is 3.67. The standard InChI is InChI=1S/C14H14N2OS2/c1-9-7-18-8-11(9)13-6-12(14-4-3-5-19-14)15-16(13)10(2)17/h3-5,7-8,13H,6H2,1-2H3/t13-/m1/s1. The Bertz CT molecular complexity index is 628. The predicted octanol–water partition coefficient (Wildman–Crippen LogP) is 3.82. The predicted molar refractivity (Wildman–Crippen MR) is 79.8 cm³/mol. The van der Waals surface area contributed by atoms with Crippen LogP contribution in [-0.4, -0.2) is 16.6 Å². The fourth-order valence-corrected chi connectivity index (χ4v) is 3.97. The maximum absolute atomic E-state index is 11.8. The molecule has 0 aromatic carbocycles. The van der Waals surface area contributed by atoms with Crippen molar-refractivity contribution in [1.29, 1.82) is 0 Å². The molecular formula is C14H14N2OS2. The van der Waals surface area contributed by atoms with Crippen LogP contribution < -0.4 is 0 Å². The van der Waals surface area contributed by atoms with Crippen LogP contribution in [0.15, 0.2) is 33.4 Å². The minimum Gasteiger partial charge on any atom is -0.273 e. The molecule has 0 fully saturated rings. The number of thiophene rings is 2. The second-order valence-corrected chi connectivity index (χ2v) is 6.31. The first kappa shape index (κ1) is 12.6. The maximum atomic E-state index is 11.8. The van der Waals surface area contributed by atoms with Gasteiger partial charge in [0.25, 0.3) is 0 Å². The van der Waals surface area contributed by atoms with Crippen LogP contribution in [0, 0.1) is 6.92 Å². The molecule has 5 heteroatoms. The third-order valence-corrected chi connectivity index (χ3v) is 5.09. The molecule has 0 spiro atoms. The summed E-state index contributed by atoms with van der Waals surface area (Å²) < 4.78 is 0. The number of hydrogen-bond acceptors (Lipinski definition) is 4. The molecule has 98 valence electrons. The fraction of sp³-hybridized carbons (Fsp3) is 0.286. The quantitative estimate of drug-likeness (QED) is 0.827. The second-order valence-electron chi connectivity index (χ2n) is 4.62. The van der Waals surface area contributed by atoms with E-state index in [0.29, 0.717) is 0 Å². The van der Waals surface area contributed by atoms with E-state index in [2.05, 4.69) is 28.9 Å². The molecule has 1 aliphatic heterocycles. The smallest absolute Gasteiger partial charge is 0.240 e. The highest BCUT2D eigenvalue weighted by Gasteiger charge is 2.32. The lowest BCUT2D eigenvalue weighted by Gasteiger charge is -2.20. The highest BCUT2D eigenvalue weighted by Crippen LogP contribution is 2.36. The van der Waals surface area contributed by atoms with Gasteiger partial charge in [-0.15, -0.1) is 11.3 Å². The molecule has 3 nitrogen and oxygen atoms in total. The number of carbonyl (C=O) groups excluding carboxylic acids is 1. The molecule has 0 saturated carbocycles. The van der Waals surface area contributed by atoms with E-state index >= 15 is 0 Å². The Kier molecular flexibility index (Phi) is 3.24. The molecule has 0 unspecified atom stereocenters. The summed E-state index contributed by atoms with van der Waals surface area (Å²) in [6.07, 6.45) is 0.803. The lowest BCUT2D eigenvalue weighted by Crippen LogP contribution is -2.24. The van der Waals surface area contributed by atoms with Gasteiger partial charge < -0.3 is 0 Å². The van der Waals surface area contributed by atoms with Crippen LogP contribution in [-0.2, 0) is 4.79 Å². The summed E-state index contributed by atoms with van der Waals surface area (Å²) in [4.78, 5) is 13.0. The number of carbonyl (C=O) groups is 1. The van der Waals surface area contributed by atoms with Gasteiger partial charge in [-0.05, 0) is 40.3 Å². The second kappa shape index (κ2) is 4.90. The largest absolute Gasteiger partial charge is 0.273 e. The molecule has 19 heavy (non-hydrogen) atoms. The molecule has 1 atom stereocenters. The van der Waals surface area contributed by atoms with Crippen LogP contribution in [0.2, 0.25) is 0 Å². The molecule has 3 heterocycles. The molecule has 0 bridgehead atoms. The van der Waals surface area contributed by atoms with Crippen molar-refractivity contribution < 1.29 is 4.79 Å². The van der Waals surface area contributed by atoms with E-state index in [0.717, 1.165) is 17.0 Å². The molecule has 2 aromatic rings. The van der Waals surface area contributed by atoms with Gasteiger partial charge in [0.2, 0.25) is 5.91 Å². The van der Waals surface area contributed by atoms with E-state index in [1.54, 1.807) is 34.6 Å². The number of nitrogens with zero attached hydrogens (tertiary/aromatic N) is 2. The van der Waals surface area contributed by atoms with Crippen molar-refractivity contribution in [2.24, 2.45) is 5.10 Å². The first-order valence-electron chi connectivity index (χ1n) is 6.10. The van der Waals surface area contributed by atoms with E-state index in [9.17, 15) is 4.79 Å².